The Bertz CT molecular complexity index is 1030. The predicted octanol–water partition coefficient (Wildman–Crippen LogP) is 3.69. The molecule has 1 saturated heterocycles. The number of piperazine rings is 1. The Morgan fingerprint density at radius 1 is 1.16 bits per heavy atom. The van der Waals surface area contributed by atoms with Gasteiger partial charge in [-0.05, 0) is 36.6 Å². The zero-order valence-corrected chi connectivity index (χ0v) is 19.2. The number of nitrogens with one attached hydrogen (secondary N) is 2. The van der Waals surface area contributed by atoms with Gasteiger partial charge in [0.25, 0.3) is 5.91 Å². The van der Waals surface area contributed by atoms with Crippen LogP contribution in [0.15, 0.2) is 48.5 Å². The van der Waals surface area contributed by atoms with E-state index in [0.717, 1.165) is 54.2 Å². The maximum atomic E-state index is 12.4. The van der Waals surface area contributed by atoms with Gasteiger partial charge < -0.3 is 20.3 Å². The highest BCUT2D eigenvalue weighted by atomic mass is 35.5. The third-order valence-corrected chi connectivity index (χ3v) is 6.60. The van der Waals surface area contributed by atoms with Gasteiger partial charge in [0.1, 0.15) is 5.69 Å². The fraction of sp³-hybridized carbons (Fsp3) is 0.400. The maximum Gasteiger partial charge on any atom is 0.267 e. The number of hydrogen-bond donors (Lipinski definition) is 3. The van der Waals surface area contributed by atoms with E-state index in [-0.39, 0.29) is 5.91 Å². The predicted molar refractivity (Wildman–Crippen MR) is 131 cm³/mol. The summed E-state index contributed by atoms with van der Waals surface area (Å²) in [6.07, 6.45) is 0.975. The summed E-state index contributed by atoms with van der Waals surface area (Å²) in [5.74, 6) is -0.145. The summed E-state index contributed by atoms with van der Waals surface area (Å²) < 4.78 is 0. The molecule has 32 heavy (non-hydrogen) atoms. The Hall–Kier alpha value is -2.54. The Labute approximate surface area is 194 Å². The second-order valence-corrected chi connectivity index (χ2v) is 8.74. The number of aromatic amines is 1. The highest BCUT2D eigenvalue weighted by molar-refractivity contribution is 6.34. The highest BCUT2D eigenvalue weighted by Crippen LogP contribution is 2.30. The first-order chi connectivity index (χ1) is 15.5. The van der Waals surface area contributed by atoms with E-state index in [4.69, 9.17) is 11.6 Å². The maximum absolute atomic E-state index is 12.4. The molecule has 0 aliphatic carbocycles. The Morgan fingerprint density at radius 2 is 1.94 bits per heavy atom. The SMILES string of the molecule is CCc1cccc(N2CCN(CC(O)CCNC(=O)c3cc4ccccc4[nH]3)CC2)c1Cl. The molecule has 4 rings (SSSR count). The van der Waals surface area contributed by atoms with Crippen LogP contribution < -0.4 is 10.2 Å². The molecule has 1 aliphatic rings. The first-order valence-corrected chi connectivity index (χ1v) is 11.7. The van der Waals surface area contributed by atoms with Crippen molar-refractivity contribution in [1.29, 1.82) is 0 Å². The summed E-state index contributed by atoms with van der Waals surface area (Å²) in [5.41, 5.74) is 3.77. The van der Waals surface area contributed by atoms with Gasteiger partial charge in [-0.2, -0.15) is 0 Å². The van der Waals surface area contributed by atoms with Gasteiger partial charge in [0.15, 0.2) is 0 Å². The molecular formula is C25H31ClN4O2. The van der Waals surface area contributed by atoms with Crippen molar-refractivity contribution < 1.29 is 9.90 Å². The lowest BCUT2D eigenvalue weighted by Crippen LogP contribution is -2.49. The van der Waals surface area contributed by atoms with Gasteiger partial charge in [0.05, 0.1) is 16.8 Å². The number of carbonyl (C=O) groups is 1. The number of carbonyl (C=O) groups excluding carboxylic acids is 1. The number of benzene rings is 2. The van der Waals surface area contributed by atoms with E-state index in [1.807, 2.05) is 30.3 Å². The number of para-hydroxylation sites is 1. The molecule has 0 radical (unpaired) electrons. The number of β-amino-alcohol motifs (C(OH)–C–C–N with tert-alkyl or cyclic N) is 1. The average Bonchev–Trinajstić information content (AvgIpc) is 3.24. The van der Waals surface area contributed by atoms with Crippen molar-refractivity contribution in [2.75, 3.05) is 44.2 Å². The number of halogens is 1. The van der Waals surface area contributed by atoms with Crippen molar-refractivity contribution in [2.45, 2.75) is 25.9 Å². The van der Waals surface area contributed by atoms with Crippen molar-refractivity contribution in [2.24, 2.45) is 0 Å². The number of aliphatic hydroxyl groups excluding tert-OH is 1. The van der Waals surface area contributed by atoms with Crippen LogP contribution in [0.2, 0.25) is 5.02 Å². The van der Waals surface area contributed by atoms with Crippen molar-refractivity contribution in [3.05, 3.63) is 64.8 Å². The lowest BCUT2D eigenvalue weighted by atomic mass is 10.1. The van der Waals surface area contributed by atoms with E-state index in [2.05, 4.69) is 45.2 Å². The van der Waals surface area contributed by atoms with Crippen LogP contribution in [-0.2, 0) is 6.42 Å². The minimum Gasteiger partial charge on any atom is -0.392 e. The molecule has 1 atom stereocenters. The van der Waals surface area contributed by atoms with Gasteiger partial charge in [0.2, 0.25) is 0 Å². The molecule has 3 N–H and O–H groups in total. The van der Waals surface area contributed by atoms with Crippen LogP contribution >= 0.6 is 11.6 Å². The molecule has 1 amide bonds. The van der Waals surface area contributed by atoms with Crippen LogP contribution in [0.4, 0.5) is 5.69 Å². The molecule has 0 saturated carbocycles. The number of H-pyrrole nitrogens is 1. The molecule has 0 spiro atoms. The normalized spacial score (nSPS) is 15.8. The number of aliphatic hydroxyl groups is 1. The summed E-state index contributed by atoms with van der Waals surface area (Å²) in [4.78, 5) is 20.1. The van der Waals surface area contributed by atoms with E-state index >= 15 is 0 Å². The molecule has 1 fully saturated rings. The standard InChI is InChI=1S/C25H31ClN4O2/c1-2-18-7-5-9-23(24(18)26)30-14-12-29(13-15-30)17-20(31)10-11-27-25(32)22-16-19-6-3-4-8-21(19)28-22/h3-9,16,20,28,31H,2,10-15,17H2,1H3,(H,27,32). The molecule has 170 valence electrons. The second-order valence-electron chi connectivity index (χ2n) is 8.36. The molecule has 6 nitrogen and oxygen atoms in total. The molecule has 1 unspecified atom stereocenters. The largest absolute Gasteiger partial charge is 0.392 e. The summed E-state index contributed by atoms with van der Waals surface area (Å²) in [5, 5.41) is 15.2. The third-order valence-electron chi connectivity index (χ3n) is 6.16. The van der Waals surface area contributed by atoms with Crippen LogP contribution in [0, 0.1) is 0 Å². The van der Waals surface area contributed by atoms with Crippen LogP contribution in [0.5, 0.6) is 0 Å². The Kier molecular flexibility index (Phi) is 7.35. The van der Waals surface area contributed by atoms with Crippen LogP contribution in [0.3, 0.4) is 0 Å². The number of nitrogens with zero attached hydrogens (tertiary/aromatic N) is 2. The lowest BCUT2D eigenvalue weighted by molar-refractivity contribution is 0.0899. The number of aryl methyl sites for hydroxylation is 1. The Morgan fingerprint density at radius 3 is 2.69 bits per heavy atom. The lowest BCUT2D eigenvalue weighted by Gasteiger charge is -2.37. The van der Waals surface area contributed by atoms with Gasteiger partial charge in [0, 0.05) is 50.2 Å². The first-order valence-electron chi connectivity index (χ1n) is 11.3. The number of anilines is 1. The van der Waals surface area contributed by atoms with Crippen molar-refractivity contribution in [1.82, 2.24) is 15.2 Å². The smallest absolute Gasteiger partial charge is 0.267 e. The van der Waals surface area contributed by atoms with E-state index in [1.54, 1.807) is 0 Å². The van der Waals surface area contributed by atoms with Crippen LogP contribution in [0.1, 0.15) is 29.4 Å². The number of amides is 1. The summed E-state index contributed by atoms with van der Waals surface area (Å²) >= 11 is 6.58. The van der Waals surface area contributed by atoms with E-state index < -0.39 is 6.10 Å². The number of fused-ring (bicyclic) bond motifs is 1. The van der Waals surface area contributed by atoms with Gasteiger partial charge in [-0.3, -0.25) is 9.69 Å². The second kappa shape index (κ2) is 10.4. The molecule has 1 aliphatic heterocycles. The third kappa shape index (κ3) is 5.26. The molecule has 2 heterocycles. The zero-order valence-electron chi connectivity index (χ0n) is 18.5. The minimum atomic E-state index is -0.475. The molecular weight excluding hydrogens is 424 g/mol. The Balaban J connectivity index is 1.20. The van der Waals surface area contributed by atoms with Crippen molar-refractivity contribution >= 4 is 34.1 Å². The first kappa shape index (κ1) is 22.6. The molecule has 2 aromatic carbocycles. The van der Waals surface area contributed by atoms with E-state index in [9.17, 15) is 9.90 Å². The van der Waals surface area contributed by atoms with E-state index in [0.29, 0.717) is 25.2 Å². The summed E-state index contributed by atoms with van der Waals surface area (Å²) in [6, 6.07) is 15.9. The minimum absolute atomic E-state index is 0.145. The van der Waals surface area contributed by atoms with Gasteiger partial charge in [-0.1, -0.05) is 48.9 Å². The fourth-order valence-electron chi connectivity index (χ4n) is 4.29. The number of hydrogen-bond acceptors (Lipinski definition) is 4. The molecule has 1 aromatic heterocycles. The van der Waals surface area contributed by atoms with Crippen LogP contribution in [0.25, 0.3) is 10.9 Å². The van der Waals surface area contributed by atoms with E-state index in [1.165, 1.54) is 5.56 Å². The van der Waals surface area contributed by atoms with Gasteiger partial charge in [-0.25, -0.2) is 0 Å². The number of rotatable bonds is 8. The fourth-order valence-corrected chi connectivity index (χ4v) is 4.67. The molecule has 3 aromatic rings. The van der Waals surface area contributed by atoms with Gasteiger partial charge in [-0.15, -0.1) is 0 Å². The van der Waals surface area contributed by atoms with Crippen molar-refractivity contribution in [3.8, 4) is 0 Å². The quantitative estimate of drug-likeness (QED) is 0.485. The molecule has 0 bridgehead atoms. The monoisotopic (exact) mass is 454 g/mol. The molecule has 7 heteroatoms. The summed E-state index contributed by atoms with van der Waals surface area (Å²) in [7, 11) is 0. The van der Waals surface area contributed by atoms with Crippen molar-refractivity contribution in [3.63, 3.8) is 0 Å². The highest BCUT2D eigenvalue weighted by Gasteiger charge is 2.21. The zero-order chi connectivity index (χ0) is 22.5. The topological polar surface area (TPSA) is 71.6 Å². The average molecular weight is 455 g/mol. The number of aromatic nitrogens is 1. The summed E-state index contributed by atoms with van der Waals surface area (Å²) in [6.45, 7) is 6.70. The van der Waals surface area contributed by atoms with Gasteiger partial charge >= 0.3 is 0 Å². The van der Waals surface area contributed by atoms with Crippen LogP contribution in [-0.4, -0.2) is 66.3 Å².